The summed E-state index contributed by atoms with van der Waals surface area (Å²) in [6.07, 6.45) is 2.68. The number of methoxy groups -OCH3 is 2. The third-order valence-corrected chi connectivity index (χ3v) is 4.81. The number of aliphatic imine (C=N–C) groups is 1. The van der Waals surface area contributed by atoms with E-state index >= 15 is 0 Å². The van der Waals surface area contributed by atoms with Crippen molar-refractivity contribution in [2.45, 2.75) is 0 Å². The van der Waals surface area contributed by atoms with E-state index in [1.165, 1.54) is 0 Å². The first-order valence-corrected chi connectivity index (χ1v) is 9.16. The molecule has 0 aliphatic rings. The van der Waals surface area contributed by atoms with E-state index in [0.29, 0.717) is 5.69 Å². The van der Waals surface area contributed by atoms with Crippen LogP contribution in [-0.4, -0.2) is 31.3 Å². The molecule has 0 radical (unpaired) electrons. The van der Waals surface area contributed by atoms with E-state index < -0.39 is 0 Å². The molecule has 1 aromatic heterocycles. The molecule has 0 fully saturated rings. The first-order valence-electron chi connectivity index (χ1n) is 9.16. The van der Waals surface area contributed by atoms with Crippen molar-refractivity contribution in [3.8, 4) is 17.2 Å². The number of carbonyl (C=O) groups excluding carboxylic acids is 1. The highest BCUT2D eigenvalue weighted by Gasteiger charge is 2.16. The van der Waals surface area contributed by atoms with Crippen molar-refractivity contribution in [1.29, 1.82) is 0 Å². The molecule has 0 N–H and O–H groups in total. The minimum Gasteiger partial charge on any atom is -0.497 e. The first kappa shape index (κ1) is 18.5. The molecule has 0 saturated carbocycles. The number of rotatable bonds is 6. The lowest BCUT2D eigenvalue weighted by Crippen LogP contribution is -2.03. The van der Waals surface area contributed by atoms with Crippen LogP contribution in [0.3, 0.4) is 0 Å². The van der Waals surface area contributed by atoms with Crippen molar-refractivity contribution in [3.05, 3.63) is 84.2 Å². The minimum atomic E-state index is 0.585. The maximum Gasteiger partial charge on any atom is 0.167 e. The zero-order valence-electron chi connectivity index (χ0n) is 16.2. The molecule has 5 heteroatoms. The van der Waals surface area contributed by atoms with Gasteiger partial charge in [-0.3, -0.25) is 9.79 Å². The van der Waals surface area contributed by atoms with E-state index in [-0.39, 0.29) is 0 Å². The second-order valence-electron chi connectivity index (χ2n) is 6.42. The molecule has 5 nitrogen and oxygen atoms in total. The monoisotopic (exact) mass is 384 g/mol. The van der Waals surface area contributed by atoms with Crippen molar-refractivity contribution in [3.63, 3.8) is 0 Å². The van der Waals surface area contributed by atoms with Crippen LogP contribution >= 0.6 is 0 Å². The molecule has 144 valence electrons. The number of fused-ring (bicyclic) bond motifs is 1. The molecule has 3 aromatic carbocycles. The number of ether oxygens (including phenoxy) is 2. The van der Waals surface area contributed by atoms with Crippen LogP contribution in [0.1, 0.15) is 16.2 Å². The van der Waals surface area contributed by atoms with Crippen molar-refractivity contribution < 1.29 is 14.3 Å². The number of benzene rings is 3. The Morgan fingerprint density at radius 2 is 1.31 bits per heavy atom. The van der Waals surface area contributed by atoms with Crippen LogP contribution in [-0.2, 0) is 0 Å². The molecular weight excluding hydrogens is 364 g/mol. The molecule has 4 aromatic rings. The van der Waals surface area contributed by atoms with Gasteiger partial charge in [0.05, 0.1) is 37.5 Å². The van der Waals surface area contributed by atoms with Crippen LogP contribution in [0.15, 0.2) is 77.8 Å². The summed E-state index contributed by atoms with van der Waals surface area (Å²) in [5, 5.41) is 1.84. The summed E-state index contributed by atoms with van der Waals surface area (Å²) in [4.78, 5) is 16.6. The summed E-state index contributed by atoms with van der Waals surface area (Å²) >= 11 is 0. The SMILES string of the molecule is COc1ccc(N=Cc2c3ccccc3c(C=O)n2-c2ccc(OC)cc2)cc1. The molecule has 0 bridgehead atoms. The Morgan fingerprint density at radius 1 is 0.759 bits per heavy atom. The van der Waals surface area contributed by atoms with Crippen LogP contribution in [0.25, 0.3) is 16.5 Å². The molecule has 29 heavy (non-hydrogen) atoms. The molecule has 1 heterocycles. The molecule has 0 unspecified atom stereocenters. The fraction of sp³-hybridized carbons (Fsp3) is 0.0833. The Bertz CT molecular complexity index is 1170. The van der Waals surface area contributed by atoms with Crippen LogP contribution < -0.4 is 9.47 Å². The van der Waals surface area contributed by atoms with Crippen LogP contribution in [0, 0.1) is 0 Å². The predicted octanol–water partition coefficient (Wildman–Crippen LogP) is 5.21. The summed E-state index contributed by atoms with van der Waals surface area (Å²) in [6.45, 7) is 0. The van der Waals surface area contributed by atoms with Crippen molar-refractivity contribution in [2.24, 2.45) is 4.99 Å². The van der Waals surface area contributed by atoms with E-state index in [1.54, 1.807) is 20.4 Å². The highest BCUT2D eigenvalue weighted by atomic mass is 16.5. The van der Waals surface area contributed by atoms with Crippen LogP contribution in [0.4, 0.5) is 5.69 Å². The van der Waals surface area contributed by atoms with Gasteiger partial charge in [-0.1, -0.05) is 24.3 Å². The van der Waals surface area contributed by atoms with Gasteiger partial charge in [0.15, 0.2) is 6.29 Å². The van der Waals surface area contributed by atoms with Gasteiger partial charge >= 0.3 is 0 Å². The highest BCUT2D eigenvalue weighted by molar-refractivity contribution is 6.08. The largest absolute Gasteiger partial charge is 0.497 e. The predicted molar refractivity (Wildman–Crippen MR) is 115 cm³/mol. The number of carbonyl (C=O) groups is 1. The quantitative estimate of drug-likeness (QED) is 0.339. The fourth-order valence-corrected chi connectivity index (χ4v) is 3.36. The lowest BCUT2D eigenvalue weighted by atomic mass is 10.1. The van der Waals surface area contributed by atoms with E-state index in [0.717, 1.165) is 45.6 Å². The van der Waals surface area contributed by atoms with Crippen LogP contribution in [0.2, 0.25) is 0 Å². The van der Waals surface area contributed by atoms with Crippen LogP contribution in [0.5, 0.6) is 11.5 Å². The topological polar surface area (TPSA) is 52.8 Å². The smallest absolute Gasteiger partial charge is 0.167 e. The third-order valence-electron chi connectivity index (χ3n) is 4.81. The average Bonchev–Trinajstić information content (AvgIpc) is 3.11. The van der Waals surface area contributed by atoms with Crippen molar-refractivity contribution in [2.75, 3.05) is 14.2 Å². The van der Waals surface area contributed by atoms with Gasteiger partial charge in [0.1, 0.15) is 11.5 Å². The van der Waals surface area contributed by atoms with Gasteiger partial charge in [-0.25, -0.2) is 0 Å². The van der Waals surface area contributed by atoms with Gasteiger partial charge in [0.2, 0.25) is 0 Å². The minimum absolute atomic E-state index is 0.585. The number of aromatic nitrogens is 1. The lowest BCUT2D eigenvalue weighted by Gasteiger charge is -2.10. The Kier molecular flexibility index (Phi) is 5.12. The molecule has 0 spiro atoms. The summed E-state index contributed by atoms with van der Waals surface area (Å²) in [6, 6.07) is 22.9. The molecule has 0 aliphatic carbocycles. The Morgan fingerprint density at radius 3 is 1.86 bits per heavy atom. The average molecular weight is 384 g/mol. The maximum atomic E-state index is 12.0. The summed E-state index contributed by atoms with van der Waals surface area (Å²) in [5.74, 6) is 1.53. The number of nitrogens with zero attached hydrogens (tertiary/aromatic N) is 2. The lowest BCUT2D eigenvalue weighted by molar-refractivity contribution is 0.111. The molecule has 0 amide bonds. The second-order valence-corrected chi connectivity index (χ2v) is 6.42. The summed E-state index contributed by atoms with van der Waals surface area (Å²) < 4.78 is 12.4. The van der Waals surface area contributed by atoms with Gasteiger partial charge in [-0.15, -0.1) is 0 Å². The zero-order chi connectivity index (χ0) is 20.2. The fourth-order valence-electron chi connectivity index (χ4n) is 3.36. The molecule has 4 rings (SSSR count). The number of hydrogen-bond acceptors (Lipinski definition) is 4. The van der Waals surface area contributed by atoms with Gasteiger partial charge in [-0.2, -0.15) is 0 Å². The van der Waals surface area contributed by atoms with Gasteiger partial charge in [0, 0.05) is 16.5 Å². The summed E-state index contributed by atoms with van der Waals surface area (Å²) in [5.41, 5.74) is 3.08. The zero-order valence-corrected chi connectivity index (χ0v) is 16.2. The molecule has 0 atom stereocenters. The Balaban J connectivity index is 1.88. The Hall–Kier alpha value is -3.86. The van der Waals surface area contributed by atoms with Crippen molar-refractivity contribution in [1.82, 2.24) is 4.57 Å². The number of aldehydes is 1. The molecule has 0 saturated heterocycles. The highest BCUT2D eigenvalue weighted by Crippen LogP contribution is 2.29. The molecule has 0 aliphatic heterocycles. The van der Waals surface area contributed by atoms with Gasteiger partial charge < -0.3 is 14.0 Å². The summed E-state index contributed by atoms with van der Waals surface area (Å²) in [7, 11) is 3.26. The standard InChI is InChI=1S/C24H20N2O3/c1-28-19-11-7-17(8-12-19)25-15-23-21-5-3-4-6-22(21)24(16-27)26(23)18-9-13-20(29-2)14-10-18/h3-16H,1-2H3. The normalized spacial score (nSPS) is 11.1. The van der Waals surface area contributed by atoms with E-state index in [9.17, 15) is 4.79 Å². The number of hydrogen-bond donors (Lipinski definition) is 0. The van der Waals surface area contributed by atoms with Crippen molar-refractivity contribution >= 4 is 29.0 Å². The third kappa shape index (κ3) is 3.50. The first-order chi connectivity index (χ1) is 14.2. The molecular formula is C24H20N2O3. The Labute approximate surface area is 168 Å². The van der Waals surface area contributed by atoms with E-state index in [2.05, 4.69) is 4.99 Å². The van der Waals surface area contributed by atoms with E-state index in [1.807, 2.05) is 77.4 Å². The second kappa shape index (κ2) is 8.02. The van der Waals surface area contributed by atoms with E-state index in [4.69, 9.17) is 9.47 Å². The van der Waals surface area contributed by atoms with Gasteiger partial charge in [-0.05, 0) is 48.5 Å². The van der Waals surface area contributed by atoms with Gasteiger partial charge in [0.25, 0.3) is 0 Å². The maximum absolute atomic E-state index is 12.0.